The van der Waals surface area contributed by atoms with Crippen LogP contribution in [-0.4, -0.2) is 42.7 Å². The van der Waals surface area contributed by atoms with Crippen molar-refractivity contribution in [2.75, 3.05) is 18.1 Å². The lowest BCUT2D eigenvalue weighted by molar-refractivity contribution is 0.614. The number of hydrogen-bond donors (Lipinski definition) is 2. The second-order valence-corrected chi connectivity index (χ2v) is 5.55. The molecule has 110 valence electrons. The van der Waals surface area contributed by atoms with Crippen molar-refractivity contribution in [1.82, 2.24) is 29.9 Å². The van der Waals surface area contributed by atoms with E-state index in [9.17, 15) is 0 Å². The van der Waals surface area contributed by atoms with Crippen molar-refractivity contribution < 1.29 is 0 Å². The van der Waals surface area contributed by atoms with E-state index >= 15 is 0 Å². The Morgan fingerprint density at radius 2 is 2.19 bits per heavy atom. The van der Waals surface area contributed by atoms with Crippen LogP contribution in [0.25, 0.3) is 11.0 Å². The molecule has 0 radical (unpaired) electrons. The molecule has 0 atom stereocenters. The van der Waals surface area contributed by atoms with Crippen molar-refractivity contribution >= 4 is 28.6 Å². The van der Waals surface area contributed by atoms with E-state index in [0.717, 1.165) is 46.4 Å². The Morgan fingerprint density at radius 1 is 1.33 bits per heavy atom. The molecule has 3 rings (SSSR count). The molecule has 3 aromatic rings. The summed E-state index contributed by atoms with van der Waals surface area (Å²) in [4.78, 5) is 8.52. The van der Waals surface area contributed by atoms with Gasteiger partial charge in [0.25, 0.3) is 0 Å². The molecule has 0 saturated carbocycles. The number of H-pyrrole nitrogens is 1. The van der Waals surface area contributed by atoms with Crippen molar-refractivity contribution in [2.24, 2.45) is 0 Å². The smallest absolute Gasteiger partial charge is 0.161 e. The SMILES string of the molecule is CSc1n[nH]c2ncnc(NCCn3nc(C)cc3C)c12. The molecule has 21 heavy (non-hydrogen) atoms. The third-order valence-corrected chi connectivity index (χ3v) is 3.92. The minimum atomic E-state index is 0.743. The first kappa shape index (κ1) is 13.9. The molecular formula is C13H17N7S. The number of anilines is 1. The summed E-state index contributed by atoms with van der Waals surface area (Å²) in [5.74, 6) is 0.805. The van der Waals surface area contributed by atoms with Crippen molar-refractivity contribution in [3.8, 4) is 0 Å². The average molecular weight is 303 g/mol. The van der Waals surface area contributed by atoms with E-state index in [-0.39, 0.29) is 0 Å². The molecule has 0 amide bonds. The molecule has 0 bridgehead atoms. The van der Waals surface area contributed by atoms with E-state index in [1.54, 1.807) is 11.8 Å². The molecule has 8 heteroatoms. The monoisotopic (exact) mass is 303 g/mol. The summed E-state index contributed by atoms with van der Waals surface area (Å²) in [5, 5.41) is 16.8. The van der Waals surface area contributed by atoms with Crippen molar-refractivity contribution in [1.29, 1.82) is 0 Å². The number of fused-ring (bicyclic) bond motifs is 1. The maximum Gasteiger partial charge on any atom is 0.161 e. The van der Waals surface area contributed by atoms with E-state index in [1.807, 2.05) is 17.9 Å². The lowest BCUT2D eigenvalue weighted by atomic mass is 10.4. The topological polar surface area (TPSA) is 84.3 Å². The van der Waals surface area contributed by atoms with E-state index in [0.29, 0.717) is 0 Å². The highest BCUT2D eigenvalue weighted by atomic mass is 32.2. The number of rotatable bonds is 5. The van der Waals surface area contributed by atoms with Crippen LogP contribution in [0, 0.1) is 13.8 Å². The first-order valence-electron chi connectivity index (χ1n) is 6.67. The second kappa shape index (κ2) is 5.72. The third kappa shape index (κ3) is 2.71. The van der Waals surface area contributed by atoms with Gasteiger partial charge in [-0.1, -0.05) is 0 Å². The largest absolute Gasteiger partial charge is 0.367 e. The van der Waals surface area contributed by atoms with Crippen LogP contribution >= 0.6 is 11.8 Å². The van der Waals surface area contributed by atoms with Crippen LogP contribution in [0.1, 0.15) is 11.4 Å². The number of aryl methyl sites for hydroxylation is 2. The van der Waals surface area contributed by atoms with Gasteiger partial charge in [0, 0.05) is 12.2 Å². The number of nitrogens with one attached hydrogen (secondary N) is 2. The minimum absolute atomic E-state index is 0.743. The Morgan fingerprint density at radius 3 is 2.90 bits per heavy atom. The number of thioether (sulfide) groups is 1. The Labute approximate surface area is 126 Å². The van der Waals surface area contributed by atoms with Crippen LogP contribution in [0.2, 0.25) is 0 Å². The van der Waals surface area contributed by atoms with Crippen LogP contribution in [0.15, 0.2) is 17.4 Å². The normalized spacial score (nSPS) is 11.2. The summed E-state index contributed by atoms with van der Waals surface area (Å²) in [6, 6.07) is 2.07. The van der Waals surface area contributed by atoms with Gasteiger partial charge in [-0.25, -0.2) is 9.97 Å². The minimum Gasteiger partial charge on any atom is -0.367 e. The summed E-state index contributed by atoms with van der Waals surface area (Å²) < 4.78 is 1.99. The molecule has 0 unspecified atom stereocenters. The van der Waals surface area contributed by atoms with Crippen molar-refractivity contribution in [3.63, 3.8) is 0 Å². The molecule has 0 spiro atoms. The number of nitrogens with zero attached hydrogens (tertiary/aromatic N) is 5. The van der Waals surface area contributed by atoms with Gasteiger partial charge in [-0.05, 0) is 26.2 Å². The summed E-state index contributed by atoms with van der Waals surface area (Å²) in [5.41, 5.74) is 2.95. The van der Waals surface area contributed by atoms with Crippen LogP contribution in [0.3, 0.4) is 0 Å². The van der Waals surface area contributed by atoms with E-state index in [4.69, 9.17) is 0 Å². The fraction of sp³-hybridized carbons (Fsp3) is 0.385. The van der Waals surface area contributed by atoms with Gasteiger partial charge in [-0.3, -0.25) is 9.78 Å². The van der Waals surface area contributed by atoms with Crippen LogP contribution in [0.4, 0.5) is 5.82 Å². The summed E-state index contributed by atoms with van der Waals surface area (Å²) in [7, 11) is 0. The molecular weight excluding hydrogens is 286 g/mol. The molecule has 3 heterocycles. The predicted octanol–water partition coefficient (Wildman–Crippen LogP) is 2.00. The highest BCUT2D eigenvalue weighted by Crippen LogP contribution is 2.27. The third-order valence-electron chi connectivity index (χ3n) is 3.24. The fourth-order valence-electron chi connectivity index (χ4n) is 2.30. The molecule has 3 aromatic heterocycles. The van der Waals surface area contributed by atoms with Crippen LogP contribution in [0.5, 0.6) is 0 Å². The summed E-state index contributed by atoms with van der Waals surface area (Å²) in [6.45, 7) is 5.59. The highest BCUT2D eigenvalue weighted by molar-refractivity contribution is 7.98. The lowest BCUT2D eigenvalue weighted by Gasteiger charge is -2.08. The lowest BCUT2D eigenvalue weighted by Crippen LogP contribution is -2.13. The molecule has 0 aliphatic rings. The first-order chi connectivity index (χ1) is 10.2. The Kier molecular flexibility index (Phi) is 3.78. The Bertz CT molecular complexity index is 761. The molecule has 0 aliphatic heterocycles. The summed E-state index contributed by atoms with van der Waals surface area (Å²) >= 11 is 1.57. The molecule has 0 saturated heterocycles. The van der Waals surface area contributed by atoms with Gasteiger partial charge in [0.15, 0.2) is 5.65 Å². The molecule has 0 fully saturated rings. The van der Waals surface area contributed by atoms with Gasteiger partial charge in [-0.2, -0.15) is 10.2 Å². The molecule has 0 aromatic carbocycles. The van der Waals surface area contributed by atoms with Gasteiger partial charge in [0.1, 0.15) is 17.2 Å². The zero-order chi connectivity index (χ0) is 14.8. The number of aromatic nitrogens is 6. The number of aromatic amines is 1. The zero-order valence-electron chi connectivity index (χ0n) is 12.2. The maximum atomic E-state index is 4.45. The standard InChI is InChI=1S/C13H17N7S/c1-8-6-9(2)20(19-8)5-4-14-11-10-12(16-7-15-11)17-18-13(10)21-3/h6-7H,4-5H2,1-3H3,(H2,14,15,16,17,18). The molecule has 0 aliphatic carbocycles. The highest BCUT2D eigenvalue weighted by Gasteiger charge is 2.11. The van der Waals surface area contributed by atoms with Gasteiger partial charge in [-0.15, -0.1) is 11.8 Å². The van der Waals surface area contributed by atoms with Crippen molar-refractivity contribution in [3.05, 3.63) is 23.8 Å². The predicted molar refractivity (Wildman–Crippen MR) is 83.7 cm³/mol. The first-order valence-corrected chi connectivity index (χ1v) is 7.89. The van der Waals surface area contributed by atoms with Gasteiger partial charge in [0.2, 0.25) is 0 Å². The molecule has 7 nitrogen and oxygen atoms in total. The van der Waals surface area contributed by atoms with Crippen LogP contribution in [-0.2, 0) is 6.54 Å². The van der Waals surface area contributed by atoms with E-state index in [2.05, 4.69) is 43.6 Å². The second-order valence-electron chi connectivity index (χ2n) is 4.76. The van der Waals surface area contributed by atoms with Gasteiger partial charge in [0.05, 0.1) is 17.6 Å². The number of hydrogen-bond acceptors (Lipinski definition) is 6. The van der Waals surface area contributed by atoms with Crippen molar-refractivity contribution in [2.45, 2.75) is 25.4 Å². The van der Waals surface area contributed by atoms with Gasteiger partial charge >= 0.3 is 0 Å². The van der Waals surface area contributed by atoms with Gasteiger partial charge < -0.3 is 5.32 Å². The quantitative estimate of drug-likeness (QED) is 0.701. The fourth-order valence-corrected chi connectivity index (χ4v) is 2.83. The van der Waals surface area contributed by atoms with E-state index < -0.39 is 0 Å². The maximum absolute atomic E-state index is 4.45. The van der Waals surface area contributed by atoms with Crippen LogP contribution < -0.4 is 5.32 Å². The Balaban J connectivity index is 1.76. The molecule has 2 N–H and O–H groups in total. The average Bonchev–Trinajstić information content (AvgIpc) is 3.02. The Hall–Kier alpha value is -2.09. The summed E-state index contributed by atoms with van der Waals surface area (Å²) in [6.07, 6.45) is 3.53. The zero-order valence-corrected chi connectivity index (χ0v) is 13.0. The van der Waals surface area contributed by atoms with E-state index in [1.165, 1.54) is 6.33 Å².